The highest BCUT2D eigenvalue weighted by atomic mass is 16.2. The molecule has 0 amide bonds. The van der Waals surface area contributed by atoms with Gasteiger partial charge in [-0.1, -0.05) is 84.0 Å². The average Bonchev–Trinajstić information content (AvgIpc) is 2.50. The molecule has 0 aliphatic heterocycles. The quantitative estimate of drug-likeness (QED) is 0.330. The molecule has 0 saturated carbocycles. The van der Waals surface area contributed by atoms with E-state index < -0.39 is 0 Å². The second-order valence-corrected chi connectivity index (χ2v) is 6.42. The van der Waals surface area contributed by atoms with Gasteiger partial charge in [0, 0.05) is 6.61 Å². The molecule has 2 heteroatoms. The third kappa shape index (κ3) is 19.9. The maximum absolute atomic E-state index is 8.68. The van der Waals surface area contributed by atoms with Crippen LogP contribution < -0.4 is 5.32 Å². The fourth-order valence-corrected chi connectivity index (χ4v) is 2.75. The topological polar surface area (TPSA) is 32.3 Å². The van der Waals surface area contributed by atoms with E-state index in [4.69, 9.17) is 5.11 Å². The van der Waals surface area contributed by atoms with Crippen LogP contribution in [0.3, 0.4) is 0 Å². The summed E-state index contributed by atoms with van der Waals surface area (Å²) in [6.45, 7) is 5.04. The minimum atomic E-state index is 0.361. The van der Waals surface area contributed by atoms with Crippen LogP contribution in [0.4, 0.5) is 0 Å². The van der Waals surface area contributed by atoms with Crippen molar-refractivity contribution in [2.75, 3.05) is 19.7 Å². The van der Waals surface area contributed by atoms with Crippen molar-refractivity contribution in [2.24, 2.45) is 0 Å². The van der Waals surface area contributed by atoms with E-state index in [-0.39, 0.29) is 0 Å². The monoisotopic (exact) mass is 299 g/mol. The summed E-state index contributed by atoms with van der Waals surface area (Å²) in [6.07, 6.45) is 20.2. The molecule has 0 radical (unpaired) electrons. The summed E-state index contributed by atoms with van der Waals surface area (Å²) in [4.78, 5) is 0. The van der Waals surface area contributed by atoms with E-state index in [1.807, 2.05) is 0 Å². The van der Waals surface area contributed by atoms with Gasteiger partial charge in [-0.3, -0.25) is 0 Å². The highest BCUT2D eigenvalue weighted by Gasteiger charge is 1.93. The highest BCUT2D eigenvalue weighted by molar-refractivity contribution is 4.52. The number of hydrogen-bond acceptors (Lipinski definition) is 2. The van der Waals surface area contributed by atoms with E-state index in [0.717, 1.165) is 6.42 Å². The van der Waals surface area contributed by atoms with Gasteiger partial charge < -0.3 is 10.4 Å². The Morgan fingerprint density at radius 2 is 0.905 bits per heavy atom. The highest BCUT2D eigenvalue weighted by Crippen LogP contribution is 2.09. The fourth-order valence-electron chi connectivity index (χ4n) is 2.75. The lowest BCUT2D eigenvalue weighted by molar-refractivity contribution is 0.282. The van der Waals surface area contributed by atoms with Gasteiger partial charge in [0.2, 0.25) is 0 Å². The van der Waals surface area contributed by atoms with E-state index in [1.165, 1.54) is 103 Å². The minimum Gasteiger partial charge on any atom is -0.396 e. The Morgan fingerprint density at radius 3 is 1.33 bits per heavy atom. The summed E-state index contributed by atoms with van der Waals surface area (Å²) in [5.41, 5.74) is 0. The van der Waals surface area contributed by atoms with Crippen molar-refractivity contribution in [3.8, 4) is 0 Å². The van der Waals surface area contributed by atoms with Gasteiger partial charge in [0.1, 0.15) is 0 Å². The number of rotatable bonds is 18. The lowest BCUT2D eigenvalue weighted by atomic mass is 10.1. The maximum Gasteiger partial charge on any atom is 0.0431 e. The van der Waals surface area contributed by atoms with Crippen LogP contribution in [0.1, 0.15) is 103 Å². The number of nitrogens with one attached hydrogen (secondary N) is 1. The number of unbranched alkanes of at least 4 members (excludes halogenated alkanes) is 13. The lowest BCUT2D eigenvalue weighted by Gasteiger charge is -2.05. The first kappa shape index (κ1) is 20.9. The Morgan fingerprint density at radius 1 is 0.524 bits per heavy atom. The van der Waals surface area contributed by atoms with Crippen LogP contribution in [-0.4, -0.2) is 24.8 Å². The molecule has 0 aromatic rings. The molecule has 0 aromatic carbocycles. The summed E-state index contributed by atoms with van der Waals surface area (Å²) >= 11 is 0. The normalized spacial score (nSPS) is 11.1. The summed E-state index contributed by atoms with van der Waals surface area (Å²) in [5.74, 6) is 0. The van der Waals surface area contributed by atoms with Crippen LogP contribution in [0.5, 0.6) is 0 Å². The molecule has 0 atom stereocenters. The first-order chi connectivity index (χ1) is 10.4. The fraction of sp³-hybridized carbons (Fsp3) is 1.00. The van der Waals surface area contributed by atoms with Crippen molar-refractivity contribution < 1.29 is 5.11 Å². The predicted octanol–water partition coefficient (Wildman–Crippen LogP) is 5.44. The first-order valence-electron chi connectivity index (χ1n) is 9.73. The molecule has 0 saturated heterocycles. The maximum atomic E-state index is 8.68. The summed E-state index contributed by atoms with van der Waals surface area (Å²) in [5, 5.41) is 12.2. The van der Waals surface area contributed by atoms with Gasteiger partial charge in [-0.05, 0) is 32.4 Å². The van der Waals surface area contributed by atoms with Crippen molar-refractivity contribution in [3.05, 3.63) is 0 Å². The van der Waals surface area contributed by atoms with Crippen molar-refractivity contribution in [2.45, 2.75) is 103 Å². The molecule has 0 aromatic heterocycles. The van der Waals surface area contributed by atoms with E-state index in [1.54, 1.807) is 0 Å². The predicted molar refractivity (Wildman–Crippen MR) is 94.9 cm³/mol. The molecule has 0 aliphatic rings. The van der Waals surface area contributed by atoms with E-state index in [0.29, 0.717) is 6.61 Å². The van der Waals surface area contributed by atoms with Gasteiger partial charge >= 0.3 is 0 Å². The zero-order valence-corrected chi connectivity index (χ0v) is 14.7. The van der Waals surface area contributed by atoms with Crippen LogP contribution in [0.15, 0.2) is 0 Å². The molecule has 128 valence electrons. The van der Waals surface area contributed by atoms with Crippen LogP contribution in [0, 0.1) is 0 Å². The molecule has 0 aliphatic carbocycles. The molecule has 0 rings (SSSR count). The van der Waals surface area contributed by atoms with Crippen molar-refractivity contribution in [3.63, 3.8) is 0 Å². The molecule has 0 bridgehead atoms. The van der Waals surface area contributed by atoms with Gasteiger partial charge in [0.25, 0.3) is 0 Å². The lowest BCUT2D eigenvalue weighted by Crippen LogP contribution is -2.16. The minimum absolute atomic E-state index is 0.361. The molecular weight excluding hydrogens is 258 g/mol. The van der Waals surface area contributed by atoms with Gasteiger partial charge in [-0.15, -0.1) is 0 Å². The number of aliphatic hydroxyl groups is 1. The molecule has 0 unspecified atom stereocenters. The van der Waals surface area contributed by atoms with Crippen LogP contribution in [-0.2, 0) is 0 Å². The van der Waals surface area contributed by atoms with Gasteiger partial charge in [-0.25, -0.2) is 0 Å². The Balaban J connectivity index is 2.90. The van der Waals surface area contributed by atoms with Gasteiger partial charge in [0.15, 0.2) is 0 Å². The first-order valence-corrected chi connectivity index (χ1v) is 9.73. The van der Waals surface area contributed by atoms with E-state index in [2.05, 4.69) is 12.2 Å². The second-order valence-electron chi connectivity index (χ2n) is 6.42. The summed E-state index contributed by atoms with van der Waals surface area (Å²) in [7, 11) is 0. The zero-order chi connectivity index (χ0) is 15.4. The SMILES string of the molecule is CCCCCCCCCCCNCCCCCCCCO. The smallest absolute Gasteiger partial charge is 0.0431 e. The molecule has 2 N–H and O–H groups in total. The average molecular weight is 300 g/mol. The molecule has 0 fully saturated rings. The second kappa shape index (κ2) is 19.9. The molecule has 2 nitrogen and oxygen atoms in total. The summed E-state index contributed by atoms with van der Waals surface area (Å²) in [6, 6.07) is 0. The van der Waals surface area contributed by atoms with Gasteiger partial charge in [0.05, 0.1) is 0 Å². The standard InChI is InChI=1S/C19H41NO/c1-2-3-4-5-6-7-8-11-14-17-20-18-15-12-9-10-13-16-19-21/h20-21H,2-19H2,1H3. The summed E-state index contributed by atoms with van der Waals surface area (Å²) < 4.78 is 0. The van der Waals surface area contributed by atoms with Crippen molar-refractivity contribution in [1.29, 1.82) is 0 Å². The van der Waals surface area contributed by atoms with Crippen molar-refractivity contribution in [1.82, 2.24) is 5.32 Å². The van der Waals surface area contributed by atoms with E-state index >= 15 is 0 Å². The molecule has 0 spiro atoms. The van der Waals surface area contributed by atoms with Crippen LogP contribution in [0.25, 0.3) is 0 Å². The van der Waals surface area contributed by atoms with Crippen molar-refractivity contribution >= 4 is 0 Å². The molecular formula is C19H41NO. The molecule has 21 heavy (non-hydrogen) atoms. The Kier molecular flexibility index (Phi) is 19.8. The largest absolute Gasteiger partial charge is 0.396 e. The number of aliphatic hydroxyl groups excluding tert-OH is 1. The Bertz CT molecular complexity index is 155. The Hall–Kier alpha value is -0.0800. The van der Waals surface area contributed by atoms with Crippen LogP contribution in [0.2, 0.25) is 0 Å². The zero-order valence-electron chi connectivity index (χ0n) is 14.7. The number of hydrogen-bond donors (Lipinski definition) is 2. The van der Waals surface area contributed by atoms with E-state index in [9.17, 15) is 0 Å². The van der Waals surface area contributed by atoms with Crippen LogP contribution >= 0.6 is 0 Å². The Labute approximate surface area is 134 Å². The third-order valence-electron chi connectivity index (χ3n) is 4.22. The van der Waals surface area contributed by atoms with Gasteiger partial charge in [-0.2, -0.15) is 0 Å². The molecule has 0 heterocycles. The third-order valence-corrected chi connectivity index (χ3v) is 4.22.